The SMILES string of the molecule is CCC(CC)(CO)NC(C)CCCC(C)C. The molecule has 0 aromatic heterocycles. The van der Waals surface area contributed by atoms with E-state index >= 15 is 0 Å². The second kappa shape index (κ2) is 8.08. The lowest BCUT2D eigenvalue weighted by Crippen LogP contribution is -2.51. The lowest BCUT2D eigenvalue weighted by molar-refractivity contribution is 0.137. The zero-order valence-electron chi connectivity index (χ0n) is 11.8. The number of rotatable bonds is 9. The van der Waals surface area contributed by atoms with Gasteiger partial charge in [-0.05, 0) is 32.1 Å². The summed E-state index contributed by atoms with van der Waals surface area (Å²) < 4.78 is 0. The number of aliphatic hydroxyl groups excluding tert-OH is 1. The third kappa shape index (κ3) is 5.86. The molecule has 0 aliphatic carbocycles. The highest BCUT2D eigenvalue weighted by atomic mass is 16.3. The molecule has 0 bridgehead atoms. The Hall–Kier alpha value is -0.0800. The summed E-state index contributed by atoms with van der Waals surface area (Å²) in [5, 5.41) is 13.1. The van der Waals surface area contributed by atoms with Crippen LogP contribution in [-0.4, -0.2) is 23.3 Å². The third-order valence-corrected chi connectivity index (χ3v) is 3.63. The Labute approximate surface area is 102 Å². The summed E-state index contributed by atoms with van der Waals surface area (Å²) in [5.74, 6) is 0.798. The first-order valence-corrected chi connectivity index (χ1v) is 6.88. The molecule has 2 heteroatoms. The van der Waals surface area contributed by atoms with Crippen LogP contribution in [0.3, 0.4) is 0 Å². The van der Waals surface area contributed by atoms with E-state index < -0.39 is 0 Å². The average molecular weight is 229 g/mol. The highest BCUT2D eigenvalue weighted by molar-refractivity contribution is 4.86. The quantitative estimate of drug-likeness (QED) is 0.635. The van der Waals surface area contributed by atoms with Crippen LogP contribution in [0.5, 0.6) is 0 Å². The molecule has 0 spiro atoms. The van der Waals surface area contributed by atoms with Gasteiger partial charge in [0, 0.05) is 11.6 Å². The number of aliphatic hydroxyl groups is 1. The van der Waals surface area contributed by atoms with Gasteiger partial charge in [-0.25, -0.2) is 0 Å². The lowest BCUT2D eigenvalue weighted by atomic mass is 9.92. The van der Waals surface area contributed by atoms with Gasteiger partial charge in [-0.3, -0.25) is 0 Å². The molecule has 0 heterocycles. The first kappa shape index (κ1) is 15.9. The molecule has 1 atom stereocenters. The van der Waals surface area contributed by atoms with E-state index in [1.807, 2.05) is 0 Å². The first-order valence-electron chi connectivity index (χ1n) is 6.88. The fourth-order valence-electron chi connectivity index (χ4n) is 2.15. The van der Waals surface area contributed by atoms with E-state index in [0.717, 1.165) is 18.8 Å². The Morgan fingerprint density at radius 3 is 2.00 bits per heavy atom. The van der Waals surface area contributed by atoms with Crippen LogP contribution in [0.4, 0.5) is 0 Å². The molecule has 2 nitrogen and oxygen atoms in total. The van der Waals surface area contributed by atoms with E-state index in [0.29, 0.717) is 6.04 Å². The van der Waals surface area contributed by atoms with E-state index in [-0.39, 0.29) is 12.1 Å². The van der Waals surface area contributed by atoms with Gasteiger partial charge in [0.2, 0.25) is 0 Å². The van der Waals surface area contributed by atoms with Gasteiger partial charge in [-0.2, -0.15) is 0 Å². The minimum Gasteiger partial charge on any atom is -0.394 e. The van der Waals surface area contributed by atoms with Crippen molar-refractivity contribution in [2.45, 2.75) is 78.3 Å². The Balaban J connectivity index is 3.95. The summed E-state index contributed by atoms with van der Waals surface area (Å²) in [4.78, 5) is 0. The van der Waals surface area contributed by atoms with Crippen LogP contribution in [0.1, 0.15) is 66.7 Å². The molecule has 0 saturated carbocycles. The second-order valence-electron chi connectivity index (χ2n) is 5.52. The summed E-state index contributed by atoms with van der Waals surface area (Å²) in [6, 6.07) is 0.505. The summed E-state index contributed by atoms with van der Waals surface area (Å²) >= 11 is 0. The molecule has 0 fully saturated rings. The fourth-order valence-corrected chi connectivity index (χ4v) is 2.15. The van der Waals surface area contributed by atoms with Crippen LogP contribution in [0, 0.1) is 5.92 Å². The van der Waals surface area contributed by atoms with E-state index in [2.05, 4.69) is 39.9 Å². The molecule has 1 unspecified atom stereocenters. The number of hydrogen-bond acceptors (Lipinski definition) is 2. The molecule has 0 saturated heterocycles. The topological polar surface area (TPSA) is 32.3 Å². The van der Waals surface area contributed by atoms with Crippen molar-refractivity contribution >= 4 is 0 Å². The van der Waals surface area contributed by atoms with Crippen LogP contribution in [0.25, 0.3) is 0 Å². The Kier molecular flexibility index (Phi) is 8.04. The van der Waals surface area contributed by atoms with Crippen LogP contribution in [-0.2, 0) is 0 Å². The minimum absolute atomic E-state index is 0.0583. The highest BCUT2D eigenvalue weighted by Gasteiger charge is 2.26. The molecule has 0 aromatic rings. The van der Waals surface area contributed by atoms with Crippen molar-refractivity contribution in [3.05, 3.63) is 0 Å². The van der Waals surface area contributed by atoms with Gasteiger partial charge in [-0.1, -0.05) is 40.5 Å². The summed E-state index contributed by atoms with van der Waals surface area (Å²) in [6.07, 6.45) is 5.78. The third-order valence-electron chi connectivity index (χ3n) is 3.63. The standard InChI is InChI=1S/C14H31NO/c1-6-14(7-2,11-16)15-13(5)10-8-9-12(3)4/h12-13,15-16H,6-11H2,1-5H3. The molecule has 2 N–H and O–H groups in total. The summed E-state index contributed by atoms with van der Waals surface area (Å²) in [6.45, 7) is 11.3. The van der Waals surface area contributed by atoms with E-state index in [9.17, 15) is 5.11 Å². The van der Waals surface area contributed by atoms with Crippen LogP contribution < -0.4 is 5.32 Å². The predicted octanol–water partition coefficient (Wildman–Crippen LogP) is 3.34. The molecule has 0 aliphatic rings. The van der Waals surface area contributed by atoms with E-state index in [1.54, 1.807) is 0 Å². The van der Waals surface area contributed by atoms with Crippen LogP contribution >= 0.6 is 0 Å². The Morgan fingerprint density at radius 1 is 1.06 bits per heavy atom. The average Bonchev–Trinajstić information content (AvgIpc) is 2.25. The van der Waals surface area contributed by atoms with Crippen molar-refractivity contribution in [3.63, 3.8) is 0 Å². The molecule has 98 valence electrons. The number of nitrogens with one attached hydrogen (secondary N) is 1. The zero-order valence-corrected chi connectivity index (χ0v) is 11.8. The molecular formula is C14H31NO. The lowest BCUT2D eigenvalue weighted by Gasteiger charge is -2.34. The zero-order chi connectivity index (χ0) is 12.6. The van der Waals surface area contributed by atoms with E-state index in [4.69, 9.17) is 0 Å². The Morgan fingerprint density at radius 2 is 1.62 bits per heavy atom. The normalized spacial score (nSPS) is 14.4. The molecule has 0 radical (unpaired) electrons. The van der Waals surface area contributed by atoms with Gasteiger partial charge in [0.05, 0.1) is 6.61 Å². The number of hydrogen-bond donors (Lipinski definition) is 2. The molecule has 0 aromatic carbocycles. The molecule has 0 aliphatic heterocycles. The molecule has 0 amide bonds. The summed E-state index contributed by atoms with van der Waals surface area (Å²) in [7, 11) is 0. The second-order valence-corrected chi connectivity index (χ2v) is 5.52. The maximum Gasteiger partial charge on any atom is 0.0613 e. The van der Waals surface area contributed by atoms with Crippen molar-refractivity contribution in [1.82, 2.24) is 5.32 Å². The van der Waals surface area contributed by atoms with Crippen molar-refractivity contribution in [3.8, 4) is 0 Å². The largest absolute Gasteiger partial charge is 0.394 e. The van der Waals surface area contributed by atoms with Crippen LogP contribution in [0.15, 0.2) is 0 Å². The monoisotopic (exact) mass is 229 g/mol. The van der Waals surface area contributed by atoms with Gasteiger partial charge in [-0.15, -0.1) is 0 Å². The van der Waals surface area contributed by atoms with Crippen molar-refractivity contribution in [2.24, 2.45) is 5.92 Å². The minimum atomic E-state index is -0.0583. The maximum absolute atomic E-state index is 9.48. The van der Waals surface area contributed by atoms with Crippen molar-refractivity contribution < 1.29 is 5.11 Å². The maximum atomic E-state index is 9.48. The molecule has 0 rings (SSSR count). The molecular weight excluding hydrogens is 198 g/mol. The summed E-state index contributed by atoms with van der Waals surface area (Å²) in [5.41, 5.74) is -0.0583. The van der Waals surface area contributed by atoms with Gasteiger partial charge in [0.25, 0.3) is 0 Å². The fraction of sp³-hybridized carbons (Fsp3) is 1.00. The van der Waals surface area contributed by atoms with E-state index in [1.165, 1.54) is 19.3 Å². The first-order chi connectivity index (χ1) is 7.49. The Bertz CT molecular complexity index is 156. The predicted molar refractivity (Wildman–Crippen MR) is 71.7 cm³/mol. The van der Waals surface area contributed by atoms with Gasteiger partial charge in [0.1, 0.15) is 0 Å². The van der Waals surface area contributed by atoms with Gasteiger partial charge < -0.3 is 10.4 Å². The smallest absolute Gasteiger partial charge is 0.0613 e. The van der Waals surface area contributed by atoms with Gasteiger partial charge in [0.15, 0.2) is 0 Å². The van der Waals surface area contributed by atoms with Gasteiger partial charge >= 0.3 is 0 Å². The highest BCUT2D eigenvalue weighted by Crippen LogP contribution is 2.17. The molecule has 16 heavy (non-hydrogen) atoms. The van der Waals surface area contributed by atoms with Crippen molar-refractivity contribution in [2.75, 3.05) is 6.61 Å². The van der Waals surface area contributed by atoms with Crippen molar-refractivity contribution in [1.29, 1.82) is 0 Å². The van der Waals surface area contributed by atoms with Crippen LogP contribution in [0.2, 0.25) is 0 Å².